The summed E-state index contributed by atoms with van der Waals surface area (Å²) in [6.07, 6.45) is -2.47. The molecule has 0 saturated carbocycles. The van der Waals surface area contributed by atoms with Crippen LogP contribution in [0, 0.1) is 12.8 Å². The van der Waals surface area contributed by atoms with Crippen molar-refractivity contribution in [1.82, 2.24) is 20.1 Å². The Morgan fingerprint density at radius 3 is 2.53 bits per heavy atom. The summed E-state index contributed by atoms with van der Waals surface area (Å²) in [5.41, 5.74) is 6.24. The first kappa shape index (κ1) is 32.5. The number of hydrogen-bond donors (Lipinski definition) is 1. The van der Waals surface area contributed by atoms with Crippen LogP contribution in [0.3, 0.4) is 0 Å². The number of thiocarbonyl (C=S) groups is 1. The molecule has 1 aromatic heterocycles. The predicted molar refractivity (Wildman–Crippen MR) is 179 cm³/mol. The number of halogens is 3. The van der Waals surface area contributed by atoms with Crippen LogP contribution in [0.15, 0.2) is 78.0 Å². The lowest BCUT2D eigenvalue weighted by Gasteiger charge is -2.35. The zero-order valence-corrected chi connectivity index (χ0v) is 27.1. The van der Waals surface area contributed by atoms with Crippen LogP contribution in [0.2, 0.25) is 0 Å². The van der Waals surface area contributed by atoms with E-state index >= 15 is 0 Å². The highest BCUT2D eigenvalue weighted by molar-refractivity contribution is 8.14. The maximum Gasteiger partial charge on any atom is 0.573 e. The quantitative estimate of drug-likeness (QED) is 0.194. The number of nitrogens with one attached hydrogen (secondary N) is 1. The summed E-state index contributed by atoms with van der Waals surface area (Å²) in [5, 5.41) is 9.17. The second kappa shape index (κ2) is 14.0. The van der Waals surface area contributed by atoms with Crippen molar-refractivity contribution in [3.63, 3.8) is 0 Å². The van der Waals surface area contributed by atoms with E-state index < -0.39 is 6.36 Å². The van der Waals surface area contributed by atoms with Crippen LogP contribution in [0.4, 0.5) is 18.9 Å². The molecule has 1 unspecified atom stereocenters. The molecule has 7 nitrogen and oxygen atoms in total. The Morgan fingerprint density at radius 2 is 1.84 bits per heavy atom. The number of nitrogens with zero attached hydrogens (tertiary/aromatic N) is 5. The zero-order chi connectivity index (χ0) is 32.1. The first-order valence-electron chi connectivity index (χ1n) is 14.7. The third-order valence-corrected chi connectivity index (χ3v) is 8.79. The van der Waals surface area contributed by atoms with E-state index in [9.17, 15) is 13.2 Å². The summed E-state index contributed by atoms with van der Waals surface area (Å²) in [6, 6.07) is 20.0. The molecule has 45 heavy (non-hydrogen) atoms. The second-order valence-corrected chi connectivity index (χ2v) is 12.7. The number of thioether (sulfide) groups is 1. The van der Waals surface area contributed by atoms with E-state index in [1.165, 1.54) is 52.1 Å². The highest BCUT2D eigenvalue weighted by atomic mass is 32.2. The molecule has 1 aliphatic rings. The minimum Gasteiger partial charge on any atom is -0.406 e. The van der Waals surface area contributed by atoms with E-state index in [0.717, 1.165) is 35.0 Å². The molecule has 0 aliphatic carbocycles. The van der Waals surface area contributed by atoms with Gasteiger partial charge in [0.15, 0.2) is 16.1 Å². The monoisotopic (exact) mass is 652 g/mol. The largest absolute Gasteiger partial charge is 0.573 e. The maximum absolute atomic E-state index is 12.4. The summed E-state index contributed by atoms with van der Waals surface area (Å²) in [6.45, 7) is 10.4. The van der Waals surface area contributed by atoms with Gasteiger partial charge in [0, 0.05) is 30.1 Å². The van der Waals surface area contributed by atoms with Gasteiger partial charge in [-0.05, 0) is 84.4 Å². The molecule has 4 aromatic rings. The molecule has 5 rings (SSSR count). The molecular weight excluding hydrogens is 618 g/mol. The van der Waals surface area contributed by atoms with Crippen LogP contribution in [-0.2, 0) is 6.42 Å². The van der Waals surface area contributed by atoms with Crippen LogP contribution < -0.4 is 15.0 Å². The number of aromatic nitrogens is 3. The highest BCUT2D eigenvalue weighted by Crippen LogP contribution is 2.34. The molecule has 1 saturated heterocycles. The third-order valence-electron chi connectivity index (χ3n) is 7.25. The summed E-state index contributed by atoms with van der Waals surface area (Å²) in [7, 11) is 0. The van der Waals surface area contributed by atoms with E-state index in [2.05, 4.69) is 70.9 Å². The van der Waals surface area contributed by atoms with Crippen molar-refractivity contribution in [2.24, 2.45) is 10.9 Å². The fraction of sp³-hybridized carbons (Fsp3) is 0.333. The highest BCUT2D eigenvalue weighted by Gasteiger charge is 2.31. The minimum absolute atomic E-state index is 0.295. The van der Waals surface area contributed by atoms with Crippen molar-refractivity contribution in [3.05, 3.63) is 89.7 Å². The van der Waals surface area contributed by atoms with Crippen molar-refractivity contribution < 1.29 is 17.9 Å². The molecule has 0 amide bonds. The van der Waals surface area contributed by atoms with Crippen molar-refractivity contribution in [2.45, 2.75) is 46.4 Å². The molecule has 1 aliphatic heterocycles. The Morgan fingerprint density at radius 1 is 1.11 bits per heavy atom. The number of benzene rings is 3. The van der Waals surface area contributed by atoms with Crippen molar-refractivity contribution >= 4 is 39.9 Å². The summed E-state index contributed by atoms with van der Waals surface area (Å²) in [4.78, 5) is 11.5. The van der Waals surface area contributed by atoms with E-state index in [1.807, 2.05) is 24.3 Å². The molecule has 0 radical (unpaired) electrons. The van der Waals surface area contributed by atoms with Crippen molar-refractivity contribution in [2.75, 3.05) is 23.7 Å². The number of anilines is 1. The second-order valence-electron chi connectivity index (χ2n) is 11.4. The summed E-state index contributed by atoms with van der Waals surface area (Å²) < 4.78 is 42.7. The number of hydrogen-bond acceptors (Lipinski definition) is 5. The lowest BCUT2D eigenvalue weighted by molar-refractivity contribution is -0.274. The van der Waals surface area contributed by atoms with Gasteiger partial charge in [-0.2, -0.15) is 4.99 Å². The van der Waals surface area contributed by atoms with Crippen LogP contribution in [0.1, 0.15) is 43.4 Å². The van der Waals surface area contributed by atoms with E-state index in [-0.39, 0.29) is 5.75 Å². The lowest BCUT2D eigenvalue weighted by atomic mass is 9.98. The average Bonchev–Trinajstić information content (AvgIpc) is 3.48. The molecule has 0 spiro atoms. The first-order valence-corrected chi connectivity index (χ1v) is 16.1. The predicted octanol–water partition coefficient (Wildman–Crippen LogP) is 7.93. The SMILES string of the molecule is Cc1ccc(C(C)C)c(N2CC(C)CSC2=NC(=S)NCCc2ccc(-c3ncn(-c4ccc(OC(F)(F)F)cc4)n3)cc2)c1. The number of aliphatic imine (C=N–C) groups is 1. The molecule has 12 heteroatoms. The summed E-state index contributed by atoms with van der Waals surface area (Å²) >= 11 is 7.39. The van der Waals surface area contributed by atoms with Gasteiger partial charge < -0.3 is 15.0 Å². The van der Waals surface area contributed by atoms with Crippen molar-refractivity contribution in [1.29, 1.82) is 0 Å². The minimum atomic E-state index is -4.74. The van der Waals surface area contributed by atoms with Crippen LogP contribution in [0.25, 0.3) is 17.1 Å². The fourth-order valence-corrected chi connectivity index (χ4v) is 6.26. The molecule has 1 N–H and O–H groups in total. The normalized spacial score (nSPS) is 16.3. The van der Waals surface area contributed by atoms with Crippen LogP contribution >= 0.6 is 24.0 Å². The standard InChI is InChI=1S/C33H35F3N6OS2/c1-21(2)28-14-5-22(3)17-29(28)41-18-23(4)19-45-32(41)39-31(44)37-16-15-24-6-8-25(9-7-24)30-38-20-42(40-30)26-10-12-27(13-11-26)43-33(34,35)36/h5-14,17,20-21,23H,15-16,18-19H2,1-4H3,(H,37,44). The van der Waals surface area contributed by atoms with Crippen molar-refractivity contribution in [3.8, 4) is 22.8 Å². The Labute approximate surface area is 270 Å². The maximum atomic E-state index is 12.4. The lowest BCUT2D eigenvalue weighted by Crippen LogP contribution is -2.40. The van der Waals surface area contributed by atoms with Gasteiger partial charge in [-0.1, -0.05) is 68.9 Å². The van der Waals surface area contributed by atoms with E-state index in [0.29, 0.717) is 35.0 Å². The van der Waals surface area contributed by atoms with Gasteiger partial charge in [0.2, 0.25) is 0 Å². The topological polar surface area (TPSA) is 67.6 Å². The Bertz CT molecular complexity index is 1650. The molecule has 0 bridgehead atoms. The molecule has 1 fully saturated rings. The third kappa shape index (κ3) is 8.64. The smallest absolute Gasteiger partial charge is 0.406 e. The van der Waals surface area contributed by atoms with Crippen LogP contribution in [-0.4, -0.2) is 50.2 Å². The first-order chi connectivity index (χ1) is 21.4. The molecule has 3 aromatic carbocycles. The number of amidine groups is 1. The van der Waals surface area contributed by atoms with E-state index in [4.69, 9.17) is 17.2 Å². The van der Waals surface area contributed by atoms with Gasteiger partial charge in [0.1, 0.15) is 12.1 Å². The molecule has 236 valence electrons. The van der Waals surface area contributed by atoms with Crippen LogP contribution in [0.5, 0.6) is 5.75 Å². The van der Waals surface area contributed by atoms with Gasteiger partial charge in [-0.25, -0.2) is 9.67 Å². The Hall–Kier alpha value is -3.90. The van der Waals surface area contributed by atoms with Gasteiger partial charge in [0.05, 0.1) is 5.69 Å². The molecule has 2 heterocycles. The molecule has 1 atom stereocenters. The van der Waals surface area contributed by atoms with Gasteiger partial charge >= 0.3 is 6.36 Å². The van der Waals surface area contributed by atoms with Gasteiger partial charge in [-0.3, -0.25) is 0 Å². The van der Waals surface area contributed by atoms with E-state index in [1.54, 1.807) is 11.8 Å². The molecular formula is C33H35F3N6OS2. The Balaban J connectivity index is 1.18. The fourth-order valence-electron chi connectivity index (χ4n) is 4.99. The van der Waals surface area contributed by atoms with Gasteiger partial charge in [-0.15, -0.1) is 18.3 Å². The number of aryl methyl sites for hydroxylation is 1. The summed E-state index contributed by atoms with van der Waals surface area (Å²) in [5.74, 6) is 2.15. The zero-order valence-electron chi connectivity index (χ0n) is 25.5. The van der Waals surface area contributed by atoms with Gasteiger partial charge in [0.25, 0.3) is 0 Å². The Kier molecular flexibility index (Phi) is 10.1. The average molecular weight is 653 g/mol. The number of ether oxygens (including phenoxy) is 1. The number of alkyl halides is 3. The number of rotatable bonds is 8.